The van der Waals surface area contributed by atoms with Crippen LogP contribution < -0.4 is 16.0 Å². The normalized spacial score (nSPS) is 26.1. The fraction of sp³-hybridized carbons (Fsp3) is 0.929. The number of piperidine rings is 2. The van der Waals surface area contributed by atoms with Crippen LogP contribution in [-0.4, -0.2) is 57.2 Å². The molecule has 2 amide bonds. The molecule has 19 heavy (non-hydrogen) atoms. The van der Waals surface area contributed by atoms with E-state index in [-0.39, 0.29) is 6.03 Å². The molecule has 0 aromatic heterocycles. The van der Waals surface area contributed by atoms with Crippen LogP contribution in [0.5, 0.6) is 0 Å². The van der Waals surface area contributed by atoms with Gasteiger partial charge in [-0.2, -0.15) is 0 Å². The molecule has 0 bridgehead atoms. The number of amides is 2. The molecule has 0 radical (unpaired) electrons. The molecule has 2 aliphatic heterocycles. The van der Waals surface area contributed by atoms with Crippen molar-refractivity contribution in [3.05, 3.63) is 0 Å². The van der Waals surface area contributed by atoms with Gasteiger partial charge in [0.25, 0.3) is 0 Å². The molecule has 0 saturated carbocycles. The molecule has 2 saturated heterocycles. The predicted molar refractivity (Wildman–Crippen MR) is 77.2 cm³/mol. The lowest BCUT2D eigenvalue weighted by Gasteiger charge is -2.29. The van der Waals surface area contributed by atoms with Gasteiger partial charge in [-0.05, 0) is 70.7 Å². The molecule has 3 N–H and O–H groups in total. The first-order valence-electron chi connectivity index (χ1n) is 7.65. The highest BCUT2D eigenvalue weighted by atomic mass is 16.2. The summed E-state index contributed by atoms with van der Waals surface area (Å²) in [5.74, 6) is 1.25. The lowest BCUT2D eigenvalue weighted by Crippen LogP contribution is -2.44. The van der Waals surface area contributed by atoms with Crippen molar-refractivity contribution in [2.75, 3.05) is 46.3 Å². The van der Waals surface area contributed by atoms with Gasteiger partial charge >= 0.3 is 6.03 Å². The van der Waals surface area contributed by atoms with Crippen molar-refractivity contribution in [1.29, 1.82) is 0 Å². The van der Waals surface area contributed by atoms with Gasteiger partial charge < -0.3 is 20.9 Å². The van der Waals surface area contributed by atoms with E-state index in [2.05, 4.69) is 27.9 Å². The summed E-state index contributed by atoms with van der Waals surface area (Å²) >= 11 is 0. The molecule has 0 aromatic rings. The Morgan fingerprint density at radius 1 is 1.16 bits per heavy atom. The van der Waals surface area contributed by atoms with Gasteiger partial charge in [0.15, 0.2) is 0 Å². The van der Waals surface area contributed by atoms with Crippen molar-refractivity contribution in [3.63, 3.8) is 0 Å². The van der Waals surface area contributed by atoms with E-state index in [1.807, 2.05) is 0 Å². The zero-order valence-corrected chi connectivity index (χ0v) is 12.1. The fourth-order valence-electron chi connectivity index (χ4n) is 2.90. The second kappa shape index (κ2) is 7.70. The summed E-state index contributed by atoms with van der Waals surface area (Å²) < 4.78 is 0. The highest BCUT2D eigenvalue weighted by molar-refractivity contribution is 5.73. The summed E-state index contributed by atoms with van der Waals surface area (Å²) in [5.41, 5.74) is 0. The van der Waals surface area contributed by atoms with Gasteiger partial charge in [-0.3, -0.25) is 0 Å². The van der Waals surface area contributed by atoms with E-state index < -0.39 is 0 Å². The monoisotopic (exact) mass is 268 g/mol. The number of rotatable bonds is 4. The number of urea groups is 1. The quantitative estimate of drug-likeness (QED) is 0.701. The second-order valence-electron chi connectivity index (χ2n) is 6.05. The summed E-state index contributed by atoms with van der Waals surface area (Å²) in [5, 5.41) is 9.39. The molecule has 5 nitrogen and oxygen atoms in total. The third-order valence-electron chi connectivity index (χ3n) is 4.34. The minimum absolute atomic E-state index is 0.00417. The lowest BCUT2D eigenvalue weighted by molar-refractivity contribution is 0.209. The van der Waals surface area contributed by atoms with Crippen LogP contribution in [0, 0.1) is 11.8 Å². The zero-order chi connectivity index (χ0) is 13.5. The summed E-state index contributed by atoms with van der Waals surface area (Å²) in [7, 11) is 2.16. The molecule has 2 rings (SSSR count). The average molecular weight is 268 g/mol. The van der Waals surface area contributed by atoms with Crippen molar-refractivity contribution in [2.24, 2.45) is 11.8 Å². The maximum atomic E-state index is 11.7. The van der Waals surface area contributed by atoms with Crippen LogP contribution in [0.15, 0.2) is 0 Å². The standard InChI is InChI=1S/C14H28N4O/c1-18-7-4-12(5-8-18)10-16-14(19)17-11-13-3-2-6-15-9-13/h12-13,15H,2-11H2,1H3,(H2,16,17,19). The molecule has 0 aromatic carbocycles. The SMILES string of the molecule is CN1CCC(CNC(=O)NCC2CCCNC2)CC1. The molecule has 1 atom stereocenters. The van der Waals surface area contributed by atoms with E-state index in [1.165, 1.54) is 25.7 Å². The fourth-order valence-corrected chi connectivity index (χ4v) is 2.90. The Morgan fingerprint density at radius 2 is 1.84 bits per heavy atom. The Kier molecular flexibility index (Phi) is 5.92. The summed E-state index contributed by atoms with van der Waals surface area (Å²) in [6.45, 7) is 6.09. The van der Waals surface area contributed by atoms with E-state index >= 15 is 0 Å². The van der Waals surface area contributed by atoms with E-state index in [4.69, 9.17) is 0 Å². The molecule has 0 spiro atoms. The topological polar surface area (TPSA) is 56.4 Å². The maximum Gasteiger partial charge on any atom is 0.314 e. The van der Waals surface area contributed by atoms with Gasteiger partial charge in [-0.1, -0.05) is 0 Å². The largest absolute Gasteiger partial charge is 0.338 e. The summed E-state index contributed by atoms with van der Waals surface area (Å²) in [6.07, 6.45) is 4.85. The van der Waals surface area contributed by atoms with Crippen LogP contribution in [0.3, 0.4) is 0 Å². The van der Waals surface area contributed by atoms with E-state index in [9.17, 15) is 4.79 Å². The Hall–Kier alpha value is -0.810. The highest BCUT2D eigenvalue weighted by Crippen LogP contribution is 2.14. The van der Waals surface area contributed by atoms with Crippen LogP contribution in [0.4, 0.5) is 4.79 Å². The third-order valence-corrected chi connectivity index (χ3v) is 4.34. The molecule has 5 heteroatoms. The number of likely N-dealkylation sites (tertiary alicyclic amines) is 1. The Bertz CT molecular complexity index is 271. The molecule has 2 heterocycles. The lowest BCUT2D eigenvalue weighted by atomic mass is 9.97. The number of nitrogens with one attached hydrogen (secondary N) is 3. The van der Waals surface area contributed by atoms with Gasteiger partial charge in [0, 0.05) is 13.1 Å². The Morgan fingerprint density at radius 3 is 2.47 bits per heavy atom. The van der Waals surface area contributed by atoms with Gasteiger partial charge in [0.1, 0.15) is 0 Å². The Balaban J connectivity index is 1.54. The molecular formula is C14H28N4O. The predicted octanol–water partition coefficient (Wildman–Crippen LogP) is 0.627. The van der Waals surface area contributed by atoms with Gasteiger partial charge in [0.2, 0.25) is 0 Å². The van der Waals surface area contributed by atoms with Gasteiger partial charge in [-0.25, -0.2) is 4.79 Å². The minimum atomic E-state index is 0.00417. The van der Waals surface area contributed by atoms with E-state index in [1.54, 1.807) is 0 Å². The van der Waals surface area contributed by atoms with Crippen LogP contribution in [0.1, 0.15) is 25.7 Å². The molecular weight excluding hydrogens is 240 g/mol. The average Bonchev–Trinajstić information content (AvgIpc) is 2.45. The maximum absolute atomic E-state index is 11.7. The molecule has 2 fully saturated rings. The van der Waals surface area contributed by atoms with E-state index in [0.717, 1.165) is 39.3 Å². The number of nitrogens with zero attached hydrogens (tertiary/aromatic N) is 1. The number of carbonyl (C=O) groups excluding carboxylic acids is 1. The summed E-state index contributed by atoms with van der Waals surface area (Å²) in [4.78, 5) is 14.1. The minimum Gasteiger partial charge on any atom is -0.338 e. The van der Waals surface area contributed by atoms with Crippen molar-refractivity contribution >= 4 is 6.03 Å². The van der Waals surface area contributed by atoms with Crippen LogP contribution in [0.2, 0.25) is 0 Å². The smallest absolute Gasteiger partial charge is 0.314 e. The molecule has 2 aliphatic rings. The van der Waals surface area contributed by atoms with Crippen LogP contribution in [-0.2, 0) is 0 Å². The first-order valence-corrected chi connectivity index (χ1v) is 7.65. The van der Waals surface area contributed by atoms with E-state index in [0.29, 0.717) is 11.8 Å². The van der Waals surface area contributed by atoms with Crippen molar-refractivity contribution in [2.45, 2.75) is 25.7 Å². The first-order chi connectivity index (χ1) is 9.24. The third kappa shape index (κ3) is 5.37. The molecule has 110 valence electrons. The number of hydrogen-bond acceptors (Lipinski definition) is 3. The second-order valence-corrected chi connectivity index (χ2v) is 6.05. The van der Waals surface area contributed by atoms with Crippen molar-refractivity contribution < 1.29 is 4.79 Å². The number of hydrogen-bond donors (Lipinski definition) is 3. The van der Waals surface area contributed by atoms with Crippen molar-refractivity contribution in [3.8, 4) is 0 Å². The van der Waals surface area contributed by atoms with Gasteiger partial charge in [-0.15, -0.1) is 0 Å². The zero-order valence-electron chi connectivity index (χ0n) is 12.1. The molecule has 1 unspecified atom stereocenters. The van der Waals surface area contributed by atoms with Crippen LogP contribution >= 0.6 is 0 Å². The van der Waals surface area contributed by atoms with Crippen molar-refractivity contribution in [1.82, 2.24) is 20.9 Å². The number of carbonyl (C=O) groups is 1. The molecule has 0 aliphatic carbocycles. The van der Waals surface area contributed by atoms with Crippen LogP contribution in [0.25, 0.3) is 0 Å². The van der Waals surface area contributed by atoms with Gasteiger partial charge in [0.05, 0.1) is 0 Å². The summed E-state index contributed by atoms with van der Waals surface area (Å²) in [6, 6.07) is 0.00417. The highest BCUT2D eigenvalue weighted by Gasteiger charge is 2.18. The Labute approximate surface area is 116 Å². The first kappa shape index (κ1) is 14.6.